The predicted molar refractivity (Wildman–Crippen MR) is 113 cm³/mol. The van der Waals surface area contributed by atoms with E-state index in [9.17, 15) is 9.59 Å². The van der Waals surface area contributed by atoms with Gasteiger partial charge in [-0.15, -0.1) is 0 Å². The Morgan fingerprint density at radius 1 is 1.11 bits per heavy atom. The van der Waals surface area contributed by atoms with Crippen LogP contribution in [0.25, 0.3) is 22.2 Å². The molecule has 0 aliphatic rings. The third-order valence-electron chi connectivity index (χ3n) is 4.36. The zero-order chi connectivity index (χ0) is 19.5. The maximum absolute atomic E-state index is 12.4. The quantitative estimate of drug-likeness (QED) is 0.355. The maximum atomic E-state index is 12.4. The first-order chi connectivity index (χ1) is 13.6. The van der Waals surface area contributed by atoms with E-state index >= 15 is 0 Å². The molecule has 0 bridgehead atoms. The number of carbonyl (C=O) groups excluding carboxylic acids is 1. The number of amides is 1. The van der Waals surface area contributed by atoms with Gasteiger partial charge in [0.05, 0.1) is 5.75 Å². The lowest BCUT2D eigenvalue weighted by atomic mass is 10.1. The van der Waals surface area contributed by atoms with Crippen molar-refractivity contribution >= 4 is 34.4 Å². The Kier molecular flexibility index (Phi) is 4.99. The second kappa shape index (κ2) is 7.74. The van der Waals surface area contributed by atoms with Crippen LogP contribution in [0.1, 0.15) is 5.56 Å². The Bertz CT molecular complexity index is 1200. The van der Waals surface area contributed by atoms with Gasteiger partial charge in [0.25, 0.3) is 5.56 Å². The van der Waals surface area contributed by atoms with Crippen LogP contribution in [0, 0.1) is 6.92 Å². The van der Waals surface area contributed by atoms with Gasteiger partial charge >= 0.3 is 0 Å². The molecule has 4 rings (SSSR count). The molecule has 0 aliphatic heterocycles. The average molecular weight is 390 g/mol. The predicted octanol–water partition coefficient (Wildman–Crippen LogP) is 3.96. The summed E-state index contributed by atoms with van der Waals surface area (Å²) in [6.07, 6.45) is 1.78. The van der Waals surface area contributed by atoms with Gasteiger partial charge in [-0.2, -0.15) is 0 Å². The Hall–Kier alpha value is -3.32. The molecule has 2 aromatic heterocycles. The number of H-pyrrole nitrogens is 2. The van der Waals surface area contributed by atoms with E-state index in [4.69, 9.17) is 0 Å². The molecule has 1 amide bonds. The first-order valence-corrected chi connectivity index (χ1v) is 9.75. The lowest BCUT2D eigenvalue weighted by Crippen LogP contribution is -2.16. The molecule has 0 fully saturated rings. The monoisotopic (exact) mass is 390 g/mol. The highest BCUT2D eigenvalue weighted by molar-refractivity contribution is 7.99. The lowest BCUT2D eigenvalue weighted by molar-refractivity contribution is -0.113. The van der Waals surface area contributed by atoms with Crippen LogP contribution < -0.4 is 10.9 Å². The van der Waals surface area contributed by atoms with Gasteiger partial charge in [0, 0.05) is 17.4 Å². The molecule has 0 unspecified atom stereocenters. The Balaban J connectivity index is 1.55. The number of fused-ring (bicyclic) bond motifs is 1. The number of benzene rings is 2. The molecule has 0 saturated heterocycles. The van der Waals surface area contributed by atoms with E-state index < -0.39 is 0 Å². The van der Waals surface area contributed by atoms with Crippen molar-refractivity contribution in [1.29, 1.82) is 0 Å². The van der Waals surface area contributed by atoms with E-state index in [1.165, 1.54) is 11.8 Å². The number of aryl methyl sites for hydroxylation is 1. The van der Waals surface area contributed by atoms with Crippen LogP contribution in [-0.4, -0.2) is 26.6 Å². The third-order valence-corrected chi connectivity index (χ3v) is 5.23. The average Bonchev–Trinajstić information content (AvgIpc) is 3.13. The second-order valence-electron chi connectivity index (χ2n) is 6.31. The largest absolute Gasteiger partial charge is 0.355 e. The van der Waals surface area contributed by atoms with Crippen LogP contribution in [0.3, 0.4) is 0 Å². The normalized spacial score (nSPS) is 10.9. The highest BCUT2D eigenvalue weighted by atomic mass is 32.2. The summed E-state index contributed by atoms with van der Waals surface area (Å²) in [7, 11) is 0. The van der Waals surface area contributed by atoms with E-state index in [0.29, 0.717) is 16.2 Å². The third kappa shape index (κ3) is 3.70. The van der Waals surface area contributed by atoms with Crippen molar-refractivity contribution in [3.05, 3.63) is 76.7 Å². The molecule has 0 radical (unpaired) electrons. The second-order valence-corrected chi connectivity index (χ2v) is 7.28. The molecule has 4 aromatic rings. The number of rotatable bonds is 5. The van der Waals surface area contributed by atoms with Crippen LogP contribution in [0.5, 0.6) is 0 Å². The molecule has 28 heavy (non-hydrogen) atoms. The summed E-state index contributed by atoms with van der Waals surface area (Å²) < 4.78 is 0. The number of nitrogens with zero attached hydrogens (tertiary/aromatic N) is 1. The van der Waals surface area contributed by atoms with Crippen molar-refractivity contribution in [2.24, 2.45) is 0 Å². The van der Waals surface area contributed by atoms with Gasteiger partial charge in [-0.25, -0.2) is 4.98 Å². The summed E-state index contributed by atoms with van der Waals surface area (Å²) in [5, 5.41) is 3.29. The van der Waals surface area contributed by atoms with Gasteiger partial charge in [-0.1, -0.05) is 60.3 Å². The van der Waals surface area contributed by atoms with Gasteiger partial charge in [0.1, 0.15) is 11.0 Å². The SMILES string of the molecule is Cc1ccccc1NC(=O)CSc1nc2c(-c3ccccc3)c[nH]c2c(=O)[nH]1. The van der Waals surface area contributed by atoms with Crippen molar-refractivity contribution in [1.82, 2.24) is 15.0 Å². The minimum absolute atomic E-state index is 0.147. The molecule has 6 nitrogen and oxygen atoms in total. The van der Waals surface area contributed by atoms with Crippen molar-refractivity contribution in [3.8, 4) is 11.1 Å². The molecule has 3 N–H and O–H groups in total. The topological polar surface area (TPSA) is 90.6 Å². The van der Waals surface area contributed by atoms with Gasteiger partial charge in [0.15, 0.2) is 5.16 Å². The molecule has 0 saturated carbocycles. The fourth-order valence-electron chi connectivity index (χ4n) is 2.93. The smallest absolute Gasteiger partial charge is 0.275 e. The summed E-state index contributed by atoms with van der Waals surface area (Å²) in [5.74, 6) is -0.00664. The molecule has 7 heteroatoms. The van der Waals surface area contributed by atoms with Crippen molar-refractivity contribution in [2.75, 3.05) is 11.1 Å². The number of aromatic nitrogens is 3. The minimum Gasteiger partial charge on any atom is -0.355 e. The van der Waals surface area contributed by atoms with Gasteiger partial charge < -0.3 is 10.3 Å². The zero-order valence-corrected chi connectivity index (χ0v) is 16.0. The van der Waals surface area contributed by atoms with Crippen LogP contribution in [0.2, 0.25) is 0 Å². The number of thioether (sulfide) groups is 1. The van der Waals surface area contributed by atoms with E-state index in [1.807, 2.05) is 61.5 Å². The highest BCUT2D eigenvalue weighted by Gasteiger charge is 2.13. The molecule has 2 aromatic carbocycles. The molecule has 0 spiro atoms. The number of aromatic amines is 2. The fourth-order valence-corrected chi connectivity index (χ4v) is 3.59. The van der Waals surface area contributed by atoms with Crippen LogP contribution >= 0.6 is 11.8 Å². The summed E-state index contributed by atoms with van der Waals surface area (Å²) >= 11 is 1.20. The lowest BCUT2D eigenvalue weighted by Gasteiger charge is -2.07. The van der Waals surface area contributed by atoms with E-state index in [1.54, 1.807) is 6.20 Å². The molecule has 2 heterocycles. The fraction of sp³-hybridized carbons (Fsp3) is 0.0952. The molecular weight excluding hydrogens is 372 g/mol. The summed E-state index contributed by atoms with van der Waals surface area (Å²) in [6, 6.07) is 17.3. The Morgan fingerprint density at radius 3 is 2.64 bits per heavy atom. The summed E-state index contributed by atoms with van der Waals surface area (Å²) in [5.41, 5.74) is 4.36. The number of hydrogen-bond acceptors (Lipinski definition) is 4. The maximum Gasteiger partial charge on any atom is 0.275 e. The number of para-hydroxylation sites is 1. The van der Waals surface area contributed by atoms with Crippen LogP contribution in [0.4, 0.5) is 5.69 Å². The van der Waals surface area contributed by atoms with Gasteiger partial charge in [-0.3, -0.25) is 14.6 Å². The number of carbonyl (C=O) groups is 1. The van der Waals surface area contributed by atoms with Crippen molar-refractivity contribution < 1.29 is 4.79 Å². The summed E-state index contributed by atoms with van der Waals surface area (Å²) in [4.78, 5) is 34.9. The van der Waals surface area contributed by atoms with E-state index in [-0.39, 0.29) is 17.2 Å². The molecule has 0 aliphatic carbocycles. The molecular formula is C21H18N4O2S. The van der Waals surface area contributed by atoms with Crippen molar-refractivity contribution in [3.63, 3.8) is 0 Å². The van der Waals surface area contributed by atoms with Crippen LogP contribution in [-0.2, 0) is 4.79 Å². The van der Waals surface area contributed by atoms with E-state index in [0.717, 1.165) is 22.4 Å². The minimum atomic E-state index is -0.256. The number of nitrogens with one attached hydrogen (secondary N) is 3. The Labute approximate surface area is 165 Å². The molecule has 0 atom stereocenters. The molecule has 140 valence electrons. The van der Waals surface area contributed by atoms with Crippen molar-refractivity contribution in [2.45, 2.75) is 12.1 Å². The number of anilines is 1. The first kappa shape index (κ1) is 18.1. The van der Waals surface area contributed by atoms with Gasteiger partial charge in [0.2, 0.25) is 5.91 Å². The van der Waals surface area contributed by atoms with E-state index in [2.05, 4.69) is 20.3 Å². The zero-order valence-electron chi connectivity index (χ0n) is 15.2. The van der Waals surface area contributed by atoms with Gasteiger partial charge in [-0.05, 0) is 24.1 Å². The van der Waals surface area contributed by atoms with Crippen LogP contribution in [0.15, 0.2) is 70.7 Å². The Morgan fingerprint density at radius 2 is 1.86 bits per heavy atom. The highest BCUT2D eigenvalue weighted by Crippen LogP contribution is 2.26. The summed E-state index contributed by atoms with van der Waals surface area (Å²) in [6.45, 7) is 1.94. The number of hydrogen-bond donors (Lipinski definition) is 3. The first-order valence-electron chi connectivity index (χ1n) is 8.77. The standard InChI is InChI=1S/C21H18N4O2S/c1-13-7-5-6-10-16(13)23-17(26)12-28-21-24-18-15(14-8-3-2-4-9-14)11-22-19(18)20(27)25-21/h2-11,22H,12H2,1H3,(H,23,26)(H,24,25,27).